The van der Waals surface area contributed by atoms with E-state index in [4.69, 9.17) is 0 Å². The fourth-order valence-corrected chi connectivity index (χ4v) is 1.08. The highest BCUT2D eigenvalue weighted by molar-refractivity contribution is 5.76. The van der Waals surface area contributed by atoms with Crippen LogP contribution in [0.3, 0.4) is 0 Å². The first-order valence-corrected chi connectivity index (χ1v) is 4.61. The van der Waals surface area contributed by atoms with E-state index < -0.39 is 30.8 Å². The van der Waals surface area contributed by atoms with E-state index in [0.29, 0.717) is 0 Å². The third-order valence-corrected chi connectivity index (χ3v) is 2.41. The minimum atomic E-state index is -4.57. The van der Waals surface area contributed by atoms with E-state index in [1.165, 1.54) is 13.8 Å². The van der Waals surface area contributed by atoms with Crippen molar-refractivity contribution in [1.29, 1.82) is 0 Å². The van der Waals surface area contributed by atoms with Crippen LogP contribution >= 0.6 is 0 Å². The van der Waals surface area contributed by atoms with Gasteiger partial charge in [-0.1, -0.05) is 13.8 Å². The molecule has 0 aromatic heterocycles. The minimum Gasteiger partial charge on any atom is -0.456 e. The fourth-order valence-electron chi connectivity index (χ4n) is 1.08. The Bertz CT molecular complexity index is 200. The van der Waals surface area contributed by atoms with Crippen molar-refractivity contribution < 1.29 is 27.1 Å². The average Bonchev–Trinajstić information content (AvgIpc) is 2.17. The number of rotatable bonds is 5. The van der Waals surface area contributed by atoms with Gasteiger partial charge in [-0.05, 0) is 12.8 Å². The minimum absolute atomic E-state index is 0.122. The van der Waals surface area contributed by atoms with Crippen LogP contribution in [0.15, 0.2) is 0 Å². The zero-order chi connectivity index (χ0) is 12.1. The third-order valence-electron chi connectivity index (χ3n) is 2.41. The summed E-state index contributed by atoms with van der Waals surface area (Å²) < 4.78 is 51.9. The molecule has 0 heterocycles. The van der Waals surface area contributed by atoms with E-state index in [2.05, 4.69) is 4.74 Å². The maximum absolute atomic E-state index is 12.6. The molecule has 0 aromatic carbocycles. The monoisotopic (exact) mass is 230 g/mol. The number of halogens is 4. The molecule has 0 aliphatic heterocycles. The Morgan fingerprint density at radius 1 is 1.20 bits per heavy atom. The third kappa shape index (κ3) is 4.05. The smallest absolute Gasteiger partial charge is 0.422 e. The summed E-state index contributed by atoms with van der Waals surface area (Å²) >= 11 is 0. The van der Waals surface area contributed by atoms with Crippen LogP contribution in [0.1, 0.15) is 26.7 Å². The Kier molecular flexibility index (Phi) is 5.03. The van der Waals surface area contributed by atoms with E-state index in [1.807, 2.05) is 0 Å². The molecule has 0 N–H and O–H groups in total. The standard InChI is InChI=1S/C9H14F4O2/c1-3-8(4-2,5-10)7(14)15-6-9(11,12)13/h3-6H2,1-2H3. The van der Waals surface area contributed by atoms with Crippen LogP contribution in [0.4, 0.5) is 17.6 Å². The lowest BCUT2D eigenvalue weighted by Crippen LogP contribution is -2.36. The van der Waals surface area contributed by atoms with Crippen molar-refractivity contribution in [1.82, 2.24) is 0 Å². The SMILES string of the molecule is CCC(CC)(CF)C(=O)OCC(F)(F)F. The first-order chi connectivity index (χ1) is 6.81. The highest BCUT2D eigenvalue weighted by atomic mass is 19.4. The van der Waals surface area contributed by atoms with Gasteiger partial charge in [-0.3, -0.25) is 4.79 Å². The van der Waals surface area contributed by atoms with Crippen LogP contribution < -0.4 is 0 Å². The Morgan fingerprint density at radius 3 is 1.93 bits per heavy atom. The molecule has 0 saturated carbocycles. The van der Waals surface area contributed by atoms with Gasteiger partial charge in [0.05, 0.1) is 5.41 Å². The van der Waals surface area contributed by atoms with Crippen LogP contribution in [0, 0.1) is 5.41 Å². The van der Waals surface area contributed by atoms with Gasteiger partial charge in [-0.15, -0.1) is 0 Å². The summed E-state index contributed by atoms with van der Waals surface area (Å²) in [5.74, 6) is -1.12. The van der Waals surface area contributed by atoms with Gasteiger partial charge in [-0.2, -0.15) is 13.2 Å². The highest BCUT2D eigenvalue weighted by Gasteiger charge is 2.39. The lowest BCUT2D eigenvalue weighted by atomic mass is 9.84. The molecule has 0 fully saturated rings. The lowest BCUT2D eigenvalue weighted by Gasteiger charge is -2.25. The van der Waals surface area contributed by atoms with Gasteiger partial charge in [0.1, 0.15) is 6.67 Å². The van der Waals surface area contributed by atoms with E-state index in [9.17, 15) is 22.4 Å². The second kappa shape index (κ2) is 5.32. The molecule has 0 rings (SSSR count). The number of hydrogen-bond donors (Lipinski definition) is 0. The number of hydrogen-bond acceptors (Lipinski definition) is 2. The Hall–Kier alpha value is -0.810. The summed E-state index contributed by atoms with van der Waals surface area (Å²) in [4.78, 5) is 11.2. The lowest BCUT2D eigenvalue weighted by molar-refractivity contribution is -0.194. The molecule has 0 bridgehead atoms. The van der Waals surface area contributed by atoms with Gasteiger partial charge in [0.2, 0.25) is 0 Å². The largest absolute Gasteiger partial charge is 0.456 e. The van der Waals surface area contributed by atoms with Gasteiger partial charge in [-0.25, -0.2) is 4.39 Å². The van der Waals surface area contributed by atoms with Crippen molar-refractivity contribution in [3.8, 4) is 0 Å². The predicted octanol–water partition coefficient (Wildman–Crippen LogP) is 2.87. The molecule has 90 valence electrons. The topological polar surface area (TPSA) is 26.3 Å². The fraction of sp³-hybridized carbons (Fsp3) is 0.889. The number of esters is 1. The summed E-state index contributed by atoms with van der Waals surface area (Å²) in [5, 5.41) is 0. The first kappa shape index (κ1) is 14.2. The van der Waals surface area contributed by atoms with Gasteiger partial charge in [0, 0.05) is 0 Å². The van der Waals surface area contributed by atoms with Gasteiger partial charge >= 0.3 is 12.1 Å². The molecule has 0 aromatic rings. The summed E-state index contributed by atoms with van der Waals surface area (Å²) in [6, 6.07) is 0. The van der Waals surface area contributed by atoms with E-state index in [1.54, 1.807) is 0 Å². The summed E-state index contributed by atoms with van der Waals surface area (Å²) in [7, 11) is 0. The molecule has 6 heteroatoms. The maximum atomic E-state index is 12.6. The summed E-state index contributed by atoms with van der Waals surface area (Å²) in [6.07, 6.45) is -4.33. The molecule has 0 atom stereocenters. The Labute approximate surface area is 85.6 Å². The maximum Gasteiger partial charge on any atom is 0.422 e. The van der Waals surface area contributed by atoms with Crippen molar-refractivity contribution >= 4 is 5.97 Å². The zero-order valence-electron chi connectivity index (χ0n) is 8.66. The number of alkyl halides is 4. The van der Waals surface area contributed by atoms with Crippen molar-refractivity contribution in [2.24, 2.45) is 5.41 Å². The van der Waals surface area contributed by atoms with Crippen molar-refractivity contribution in [2.75, 3.05) is 13.3 Å². The van der Waals surface area contributed by atoms with Gasteiger partial charge in [0.15, 0.2) is 6.61 Å². The molecule has 0 spiro atoms. The van der Waals surface area contributed by atoms with E-state index in [-0.39, 0.29) is 12.8 Å². The normalized spacial score (nSPS) is 12.7. The second-order valence-electron chi connectivity index (χ2n) is 3.31. The molecule has 0 amide bonds. The highest BCUT2D eigenvalue weighted by Crippen LogP contribution is 2.29. The van der Waals surface area contributed by atoms with Crippen LogP contribution in [-0.2, 0) is 9.53 Å². The Morgan fingerprint density at radius 2 is 1.67 bits per heavy atom. The summed E-state index contributed by atoms with van der Waals surface area (Å²) in [6.45, 7) is 0.417. The van der Waals surface area contributed by atoms with Crippen LogP contribution in [-0.4, -0.2) is 25.4 Å². The Balaban J connectivity index is 4.40. The van der Waals surface area contributed by atoms with Crippen LogP contribution in [0.5, 0.6) is 0 Å². The molecule has 0 aliphatic carbocycles. The van der Waals surface area contributed by atoms with Gasteiger partial charge < -0.3 is 4.74 Å². The summed E-state index contributed by atoms with van der Waals surface area (Å²) in [5.41, 5.74) is -1.43. The number of carbonyl (C=O) groups is 1. The van der Waals surface area contributed by atoms with E-state index in [0.717, 1.165) is 0 Å². The molecular weight excluding hydrogens is 216 g/mol. The molecule has 0 aliphatic rings. The molecule has 2 nitrogen and oxygen atoms in total. The number of carbonyl (C=O) groups excluding carboxylic acids is 1. The van der Waals surface area contributed by atoms with Crippen LogP contribution in [0.2, 0.25) is 0 Å². The molecule has 0 saturated heterocycles. The van der Waals surface area contributed by atoms with Crippen molar-refractivity contribution in [2.45, 2.75) is 32.9 Å². The molecule has 0 radical (unpaired) electrons. The van der Waals surface area contributed by atoms with Gasteiger partial charge in [0.25, 0.3) is 0 Å². The molecule has 15 heavy (non-hydrogen) atoms. The van der Waals surface area contributed by atoms with Crippen molar-refractivity contribution in [3.05, 3.63) is 0 Å². The number of ether oxygens (including phenoxy) is 1. The first-order valence-electron chi connectivity index (χ1n) is 4.61. The second-order valence-corrected chi connectivity index (χ2v) is 3.31. The van der Waals surface area contributed by atoms with Crippen LogP contribution in [0.25, 0.3) is 0 Å². The predicted molar refractivity (Wildman–Crippen MR) is 46.0 cm³/mol. The molecule has 0 unspecified atom stereocenters. The van der Waals surface area contributed by atoms with Crippen molar-refractivity contribution in [3.63, 3.8) is 0 Å². The quantitative estimate of drug-likeness (QED) is 0.536. The molecular formula is C9H14F4O2. The average molecular weight is 230 g/mol. The zero-order valence-corrected chi connectivity index (χ0v) is 8.66. The van der Waals surface area contributed by atoms with E-state index >= 15 is 0 Å².